The Labute approximate surface area is 110 Å². The second kappa shape index (κ2) is 9.84. The molecule has 0 spiro atoms. The van der Waals surface area contributed by atoms with E-state index in [-0.39, 0.29) is 5.44 Å². The normalized spacial score (nSPS) is 15.1. The van der Waals surface area contributed by atoms with Crippen molar-refractivity contribution in [2.45, 2.75) is 58.3 Å². The highest BCUT2D eigenvalue weighted by molar-refractivity contribution is 6.91. The minimum absolute atomic E-state index is 0.194. The quantitative estimate of drug-likeness (QED) is 0.331. The van der Waals surface area contributed by atoms with Crippen molar-refractivity contribution in [3.05, 3.63) is 12.2 Å². The predicted molar refractivity (Wildman–Crippen MR) is 85.6 cm³/mol. The summed E-state index contributed by atoms with van der Waals surface area (Å²) >= 11 is 0. The molecular weight excluding hydrogens is 205 g/mol. The van der Waals surface area contributed by atoms with Crippen LogP contribution in [0.15, 0.2) is 12.2 Å². The monoisotopic (exact) mass is 234 g/mol. The van der Waals surface area contributed by atoms with Gasteiger partial charge in [-0.2, -0.15) is 0 Å². The van der Waals surface area contributed by atoms with Crippen molar-refractivity contribution in [2.24, 2.45) is 11.7 Å². The van der Waals surface area contributed by atoms with E-state index in [2.05, 4.69) is 45.8 Å². The Hall–Kier alpha value is -0.145. The molecule has 1 unspecified atom stereocenters. The molecule has 0 aromatic carbocycles. The van der Waals surface area contributed by atoms with Crippen LogP contribution in [0, 0.1) is 5.92 Å². The van der Waals surface area contributed by atoms with Crippen molar-refractivity contribution in [1.82, 2.24) is 5.14 Å². The van der Waals surface area contributed by atoms with Gasteiger partial charge in [-0.15, -0.1) is 0 Å². The van der Waals surface area contributed by atoms with Crippen LogP contribution in [0.4, 0.5) is 0 Å². The SMILES string of the molecule is BBNBC(N)(/C=C\CCCCCC)C(C)C. The molecule has 2 nitrogen and oxygen atoms in total. The van der Waals surface area contributed by atoms with Gasteiger partial charge in [0.05, 0.1) is 7.74 Å². The van der Waals surface area contributed by atoms with Gasteiger partial charge in [-0.3, -0.25) is 0 Å². The fourth-order valence-electron chi connectivity index (χ4n) is 1.79. The van der Waals surface area contributed by atoms with Crippen molar-refractivity contribution < 1.29 is 0 Å². The van der Waals surface area contributed by atoms with Gasteiger partial charge in [0.2, 0.25) is 7.41 Å². The Kier molecular flexibility index (Phi) is 9.76. The maximum absolute atomic E-state index is 6.42. The fraction of sp³-hybridized carbons (Fsp3) is 0.833. The van der Waals surface area contributed by atoms with Gasteiger partial charge in [-0.1, -0.05) is 52.2 Å². The number of hydrogen-bond acceptors (Lipinski definition) is 2. The first kappa shape index (κ1) is 16.9. The molecule has 0 fully saturated rings. The van der Waals surface area contributed by atoms with Gasteiger partial charge in [0.25, 0.3) is 0 Å². The molecule has 0 aromatic heterocycles. The summed E-state index contributed by atoms with van der Waals surface area (Å²) in [5, 5.41) is 3.36. The number of nitrogens with two attached hydrogens (primary N) is 1. The lowest BCUT2D eigenvalue weighted by atomic mass is 9.55. The first-order valence-electron chi connectivity index (χ1n) is 7.24. The second-order valence-corrected chi connectivity index (χ2v) is 5.30. The molecule has 0 heterocycles. The average Bonchev–Trinajstić information content (AvgIpc) is 2.31. The lowest BCUT2D eigenvalue weighted by molar-refractivity contribution is 0.506. The van der Waals surface area contributed by atoms with E-state index in [9.17, 15) is 0 Å². The maximum Gasteiger partial charge on any atom is 0.216 e. The Bertz CT molecular complexity index is 210. The minimum Gasteiger partial charge on any atom is -0.409 e. The fourth-order valence-corrected chi connectivity index (χ4v) is 1.79. The zero-order valence-corrected chi connectivity index (χ0v) is 12.3. The van der Waals surface area contributed by atoms with Gasteiger partial charge in [-0.25, -0.2) is 0 Å². The van der Waals surface area contributed by atoms with E-state index in [4.69, 9.17) is 5.73 Å². The van der Waals surface area contributed by atoms with Crippen LogP contribution in [-0.2, 0) is 0 Å². The smallest absolute Gasteiger partial charge is 0.216 e. The molecule has 0 aliphatic heterocycles. The number of allylic oxidation sites excluding steroid dienone is 1. The van der Waals surface area contributed by atoms with E-state index in [1.165, 1.54) is 25.7 Å². The predicted octanol–water partition coefficient (Wildman–Crippen LogP) is 0.665. The Morgan fingerprint density at radius 1 is 1.35 bits per heavy atom. The molecule has 0 rings (SSSR count). The molecule has 0 bridgehead atoms. The van der Waals surface area contributed by atoms with Crippen LogP contribution in [0.2, 0.25) is 0 Å². The first-order chi connectivity index (χ1) is 8.06. The number of hydrogen-bond donors (Lipinski definition) is 2. The molecule has 5 heteroatoms. The van der Waals surface area contributed by atoms with E-state index in [1.807, 2.05) is 0 Å². The van der Waals surface area contributed by atoms with Crippen LogP contribution in [0.25, 0.3) is 0 Å². The zero-order chi connectivity index (χ0) is 13.1. The molecular formula is C12H29B3N2. The molecule has 96 valence electrons. The van der Waals surface area contributed by atoms with Gasteiger partial charge < -0.3 is 10.9 Å². The Morgan fingerprint density at radius 3 is 2.59 bits per heavy atom. The van der Waals surface area contributed by atoms with Crippen molar-refractivity contribution in [3.8, 4) is 0 Å². The third-order valence-corrected chi connectivity index (χ3v) is 3.41. The number of rotatable bonds is 10. The highest BCUT2D eigenvalue weighted by atomic mass is 14.8. The van der Waals surface area contributed by atoms with Crippen molar-refractivity contribution in [1.29, 1.82) is 0 Å². The topological polar surface area (TPSA) is 38.0 Å². The zero-order valence-electron chi connectivity index (χ0n) is 12.3. The van der Waals surface area contributed by atoms with E-state index < -0.39 is 0 Å². The summed E-state index contributed by atoms with van der Waals surface area (Å²) in [5.74, 6) is 0.466. The van der Waals surface area contributed by atoms with Crippen LogP contribution in [-0.4, -0.2) is 27.9 Å². The third kappa shape index (κ3) is 7.72. The molecule has 0 saturated carbocycles. The van der Waals surface area contributed by atoms with Gasteiger partial charge in [-0.05, 0) is 18.8 Å². The summed E-state index contributed by atoms with van der Waals surface area (Å²) in [7, 11) is 3.97. The molecule has 0 aromatic rings. The highest BCUT2D eigenvalue weighted by Crippen LogP contribution is 2.14. The van der Waals surface area contributed by atoms with Crippen LogP contribution >= 0.6 is 0 Å². The van der Waals surface area contributed by atoms with Gasteiger partial charge in [0.1, 0.15) is 7.31 Å². The Morgan fingerprint density at radius 2 is 2.06 bits per heavy atom. The first-order valence-corrected chi connectivity index (χ1v) is 7.24. The molecule has 0 aliphatic rings. The highest BCUT2D eigenvalue weighted by Gasteiger charge is 2.26. The van der Waals surface area contributed by atoms with Crippen molar-refractivity contribution in [3.63, 3.8) is 0 Å². The van der Waals surface area contributed by atoms with E-state index >= 15 is 0 Å². The summed E-state index contributed by atoms with van der Waals surface area (Å²) in [5.41, 5.74) is 6.22. The van der Waals surface area contributed by atoms with Crippen LogP contribution in [0.5, 0.6) is 0 Å². The summed E-state index contributed by atoms with van der Waals surface area (Å²) in [6.45, 7) is 6.63. The standard InChI is InChI=1S/C12H29B3N2/c1-4-5-6-7-8-9-10-12(16,11(2)3)14-17-15-13/h9-11,14-15,17H,4-8,13,16H2,1-3H3/b10-9-. The summed E-state index contributed by atoms with van der Waals surface area (Å²) in [4.78, 5) is 0. The van der Waals surface area contributed by atoms with Gasteiger partial charge in [0.15, 0.2) is 0 Å². The van der Waals surface area contributed by atoms with Gasteiger partial charge in [0, 0.05) is 5.44 Å². The number of unbranched alkanes of at least 4 members (excludes halogenated alkanes) is 4. The molecule has 1 atom stereocenters. The average molecular weight is 234 g/mol. The molecule has 17 heavy (non-hydrogen) atoms. The van der Waals surface area contributed by atoms with Gasteiger partial charge >= 0.3 is 0 Å². The summed E-state index contributed by atoms with van der Waals surface area (Å²) < 4.78 is 0. The third-order valence-electron chi connectivity index (χ3n) is 3.41. The molecule has 0 amide bonds. The lowest BCUT2D eigenvalue weighted by Gasteiger charge is -2.29. The van der Waals surface area contributed by atoms with Crippen LogP contribution < -0.4 is 10.9 Å². The largest absolute Gasteiger partial charge is 0.409 e. The lowest BCUT2D eigenvalue weighted by Crippen LogP contribution is -2.55. The summed E-state index contributed by atoms with van der Waals surface area (Å²) in [6.07, 6.45) is 10.9. The van der Waals surface area contributed by atoms with E-state index in [1.54, 1.807) is 0 Å². The Balaban J connectivity index is 4.01. The molecule has 3 N–H and O–H groups in total. The minimum atomic E-state index is -0.194. The second-order valence-electron chi connectivity index (χ2n) is 5.30. The van der Waals surface area contributed by atoms with Crippen LogP contribution in [0.3, 0.4) is 0 Å². The van der Waals surface area contributed by atoms with E-state index in [0.29, 0.717) is 5.92 Å². The summed E-state index contributed by atoms with van der Waals surface area (Å²) in [6, 6.07) is 0. The van der Waals surface area contributed by atoms with Crippen molar-refractivity contribution in [2.75, 3.05) is 0 Å². The number of nitrogens with one attached hydrogen (secondary N) is 1. The van der Waals surface area contributed by atoms with Crippen LogP contribution in [0.1, 0.15) is 52.9 Å². The molecule has 0 radical (unpaired) electrons. The van der Waals surface area contributed by atoms with Crippen molar-refractivity contribution >= 4 is 22.5 Å². The van der Waals surface area contributed by atoms with E-state index in [0.717, 1.165) is 21.1 Å². The molecule has 0 saturated heterocycles. The maximum atomic E-state index is 6.42. The molecule has 0 aliphatic carbocycles.